The molecule has 12 nitrogen and oxygen atoms in total. The fraction of sp³-hybridized carbons (Fsp3) is 0.250. The first-order chi connectivity index (χ1) is 19.3. The van der Waals surface area contributed by atoms with Gasteiger partial charge in [0, 0.05) is 17.5 Å². The number of anilines is 3. The van der Waals surface area contributed by atoms with Gasteiger partial charge in [-0.1, -0.05) is 48.6 Å². The summed E-state index contributed by atoms with van der Waals surface area (Å²) in [6.07, 6.45) is -1.06. The summed E-state index contributed by atoms with van der Waals surface area (Å²) >= 11 is 0. The van der Waals surface area contributed by atoms with Crippen molar-refractivity contribution < 1.29 is 25.2 Å². The van der Waals surface area contributed by atoms with Crippen LogP contribution < -0.4 is 16.6 Å². The molecular formula is C28H26N6O6. The van der Waals surface area contributed by atoms with Crippen LogP contribution >= 0.6 is 0 Å². The van der Waals surface area contributed by atoms with Crippen LogP contribution in [0.2, 0.25) is 0 Å². The van der Waals surface area contributed by atoms with Crippen molar-refractivity contribution in [3.05, 3.63) is 70.0 Å². The number of H-pyrrole nitrogens is 1. The van der Waals surface area contributed by atoms with E-state index in [9.17, 15) is 25.2 Å². The second-order valence-electron chi connectivity index (χ2n) is 10.1. The number of benzene rings is 3. The quantitative estimate of drug-likeness (QED) is 0.165. The Hall–Kier alpha value is -4.33. The van der Waals surface area contributed by atoms with Crippen molar-refractivity contribution >= 4 is 56.4 Å². The minimum absolute atomic E-state index is 0.0322. The van der Waals surface area contributed by atoms with Crippen LogP contribution in [0.3, 0.4) is 0 Å². The number of hydrogen-bond acceptors (Lipinski definition) is 10. The van der Waals surface area contributed by atoms with E-state index in [4.69, 9.17) is 10.5 Å². The molecule has 2 aromatic heterocycles. The summed E-state index contributed by atoms with van der Waals surface area (Å²) < 4.78 is 7.49. The first kappa shape index (κ1) is 24.7. The second-order valence-corrected chi connectivity index (χ2v) is 10.1. The van der Waals surface area contributed by atoms with E-state index < -0.39 is 36.2 Å². The van der Waals surface area contributed by atoms with E-state index in [0.29, 0.717) is 11.3 Å². The smallest absolute Gasteiger partial charge is 0.280 e. The molecule has 1 fully saturated rings. The van der Waals surface area contributed by atoms with E-state index >= 15 is 0 Å². The number of ether oxygens (including phenoxy) is 1. The molecule has 1 saturated heterocycles. The maximum absolute atomic E-state index is 12.8. The Labute approximate surface area is 226 Å². The Balaban J connectivity index is 1.45. The fourth-order valence-electron chi connectivity index (χ4n) is 5.77. The van der Waals surface area contributed by atoms with Crippen molar-refractivity contribution in [1.82, 2.24) is 19.5 Å². The number of nitrogen functional groups attached to an aromatic ring is 1. The Kier molecular flexibility index (Phi) is 5.63. The van der Waals surface area contributed by atoms with Gasteiger partial charge in [0.25, 0.3) is 5.56 Å². The van der Waals surface area contributed by atoms with Crippen LogP contribution in [0.5, 0.6) is 0 Å². The van der Waals surface area contributed by atoms with Crippen LogP contribution in [-0.4, -0.2) is 64.9 Å². The lowest BCUT2D eigenvalue weighted by Gasteiger charge is -2.24. The predicted octanol–water partition coefficient (Wildman–Crippen LogP) is 1.81. The SMILES string of the molecule is Nc1nc2c(nc(Nc3cc4c5c(ccc4c4ccccc34)C(O)C(O)C=C5)n2[C@H]2C[C@H](O)[C@@H](CO)O2)c(=O)[nH]1. The molecule has 1 aliphatic heterocycles. The minimum atomic E-state index is -1.05. The maximum atomic E-state index is 12.8. The van der Waals surface area contributed by atoms with Gasteiger partial charge < -0.3 is 36.2 Å². The standard InChI is InChI=1S/C28H26N6O6/c29-27-32-25-23(26(39)33-27)31-28(34(25)22-10-20(37)21(11-35)40-22)30-18-9-17-13(12-3-1-2-4-15(12)18)5-6-16-14(17)7-8-19(36)24(16)38/h1-9,19-22,24,35-38H,10-11H2,(H,30,31)(H3,29,32,33,39)/t19?,20-,21+,22+,24?/m0/s1. The van der Waals surface area contributed by atoms with E-state index in [0.717, 1.165) is 27.1 Å². The minimum Gasteiger partial charge on any atom is -0.394 e. The highest BCUT2D eigenvalue weighted by Gasteiger charge is 2.37. The molecule has 5 aromatic rings. The molecule has 5 atom stereocenters. The third-order valence-electron chi connectivity index (χ3n) is 7.71. The number of aliphatic hydroxyl groups is 4. The number of aliphatic hydroxyl groups excluding tert-OH is 4. The molecule has 0 bridgehead atoms. The lowest BCUT2D eigenvalue weighted by Crippen LogP contribution is -2.24. The largest absolute Gasteiger partial charge is 0.394 e. The third kappa shape index (κ3) is 3.69. The Morgan fingerprint density at radius 3 is 2.62 bits per heavy atom. The van der Waals surface area contributed by atoms with Gasteiger partial charge in [0.05, 0.1) is 12.7 Å². The van der Waals surface area contributed by atoms with Crippen LogP contribution in [0.4, 0.5) is 17.6 Å². The zero-order valence-electron chi connectivity index (χ0n) is 21.0. The lowest BCUT2D eigenvalue weighted by molar-refractivity contribution is -0.0425. The zero-order valence-corrected chi connectivity index (χ0v) is 21.0. The van der Waals surface area contributed by atoms with E-state index in [2.05, 4.69) is 20.3 Å². The number of nitrogens with zero attached hydrogens (tertiary/aromatic N) is 3. The van der Waals surface area contributed by atoms with Gasteiger partial charge in [-0.25, -0.2) is 4.98 Å². The third-order valence-corrected chi connectivity index (χ3v) is 7.71. The summed E-state index contributed by atoms with van der Waals surface area (Å²) in [5, 5.41) is 47.9. The lowest BCUT2D eigenvalue weighted by atomic mass is 9.87. The molecule has 8 N–H and O–H groups in total. The molecule has 0 amide bonds. The van der Waals surface area contributed by atoms with Gasteiger partial charge in [-0.15, -0.1) is 0 Å². The summed E-state index contributed by atoms with van der Waals surface area (Å²) in [6, 6.07) is 13.5. The summed E-state index contributed by atoms with van der Waals surface area (Å²) in [6.45, 7) is -0.377. The van der Waals surface area contributed by atoms with Gasteiger partial charge in [0.2, 0.25) is 11.9 Å². The van der Waals surface area contributed by atoms with E-state index in [1.54, 1.807) is 16.7 Å². The molecule has 3 aromatic carbocycles. The van der Waals surface area contributed by atoms with Gasteiger partial charge in [-0.2, -0.15) is 4.98 Å². The Bertz CT molecular complexity index is 1900. The van der Waals surface area contributed by atoms with Gasteiger partial charge in [0.1, 0.15) is 24.5 Å². The topological polar surface area (TPSA) is 192 Å². The molecule has 3 heterocycles. The van der Waals surface area contributed by atoms with Crippen LogP contribution in [0.1, 0.15) is 29.9 Å². The second kappa shape index (κ2) is 9.11. The zero-order chi connectivity index (χ0) is 27.7. The van der Waals surface area contributed by atoms with Crippen LogP contribution in [0, 0.1) is 0 Å². The van der Waals surface area contributed by atoms with E-state index in [1.807, 2.05) is 42.5 Å². The monoisotopic (exact) mass is 542 g/mol. The van der Waals surface area contributed by atoms with Gasteiger partial charge in [0.15, 0.2) is 11.2 Å². The van der Waals surface area contributed by atoms with Gasteiger partial charge in [-0.3, -0.25) is 14.3 Å². The molecule has 0 spiro atoms. The number of fused-ring (bicyclic) bond motifs is 6. The Morgan fingerprint density at radius 1 is 1.07 bits per heavy atom. The van der Waals surface area contributed by atoms with Crippen LogP contribution in [0.25, 0.3) is 38.8 Å². The average Bonchev–Trinajstić information content (AvgIpc) is 3.50. The van der Waals surface area contributed by atoms with Gasteiger partial charge in [-0.05, 0) is 33.4 Å². The van der Waals surface area contributed by atoms with E-state index in [1.165, 1.54) is 0 Å². The number of hydrogen-bond donors (Lipinski definition) is 7. The average molecular weight is 543 g/mol. The maximum Gasteiger partial charge on any atom is 0.280 e. The molecule has 0 radical (unpaired) electrons. The predicted molar refractivity (Wildman–Crippen MR) is 149 cm³/mol. The summed E-state index contributed by atoms with van der Waals surface area (Å²) in [5.74, 6) is 0.132. The normalized spacial score (nSPS) is 24.2. The highest BCUT2D eigenvalue weighted by molar-refractivity contribution is 6.15. The number of aromatic nitrogens is 4. The highest BCUT2D eigenvalue weighted by atomic mass is 16.5. The molecule has 7 rings (SSSR count). The number of nitrogens with two attached hydrogens (primary N) is 1. The van der Waals surface area contributed by atoms with Crippen molar-refractivity contribution in [1.29, 1.82) is 0 Å². The highest BCUT2D eigenvalue weighted by Crippen LogP contribution is 2.41. The summed E-state index contributed by atoms with van der Waals surface area (Å²) in [4.78, 5) is 24.1. The van der Waals surface area contributed by atoms with Crippen molar-refractivity contribution in [2.75, 3.05) is 17.7 Å². The van der Waals surface area contributed by atoms with Crippen LogP contribution in [0.15, 0.2) is 53.3 Å². The fourth-order valence-corrected chi connectivity index (χ4v) is 5.77. The number of nitrogens with one attached hydrogen (secondary N) is 2. The first-order valence-corrected chi connectivity index (χ1v) is 12.9. The summed E-state index contributed by atoms with van der Waals surface area (Å²) in [7, 11) is 0. The Morgan fingerprint density at radius 2 is 1.85 bits per heavy atom. The van der Waals surface area contributed by atoms with Crippen LogP contribution in [-0.2, 0) is 4.74 Å². The van der Waals surface area contributed by atoms with Crippen molar-refractivity contribution in [3.8, 4) is 0 Å². The molecule has 1 aliphatic carbocycles. The molecule has 2 unspecified atom stereocenters. The number of imidazole rings is 1. The first-order valence-electron chi connectivity index (χ1n) is 12.9. The molecule has 2 aliphatic rings. The molecule has 0 saturated carbocycles. The molecule has 40 heavy (non-hydrogen) atoms. The number of rotatable bonds is 4. The molecule has 12 heteroatoms. The van der Waals surface area contributed by atoms with Gasteiger partial charge >= 0.3 is 0 Å². The van der Waals surface area contributed by atoms with Crippen molar-refractivity contribution in [2.24, 2.45) is 0 Å². The van der Waals surface area contributed by atoms with Crippen molar-refractivity contribution in [3.63, 3.8) is 0 Å². The van der Waals surface area contributed by atoms with E-state index in [-0.39, 0.29) is 36.1 Å². The summed E-state index contributed by atoms with van der Waals surface area (Å²) in [5.41, 5.74) is 7.59. The molecule has 204 valence electrons. The van der Waals surface area contributed by atoms with Crippen molar-refractivity contribution in [2.45, 2.75) is 37.1 Å². The number of aromatic amines is 1. The molecular weight excluding hydrogens is 516 g/mol.